The highest BCUT2D eigenvalue weighted by atomic mass is 16.5. The normalized spacial score (nSPS) is 31.6. The van der Waals surface area contributed by atoms with Crippen LogP contribution in [0.25, 0.3) is 0 Å². The second-order valence-electron chi connectivity index (χ2n) is 6.15. The van der Waals surface area contributed by atoms with Gasteiger partial charge in [0, 0.05) is 31.7 Å². The number of fused-ring (bicyclic) bond motifs is 2. The number of nitrogens with zero attached hydrogens (tertiary/aromatic N) is 1. The van der Waals surface area contributed by atoms with Crippen molar-refractivity contribution in [3.8, 4) is 5.75 Å². The fourth-order valence-corrected chi connectivity index (χ4v) is 3.85. The Kier molecular flexibility index (Phi) is 2.91. The number of hydrogen-bond donors (Lipinski definition) is 1. The van der Waals surface area contributed by atoms with Gasteiger partial charge in [-0.3, -0.25) is 4.79 Å². The molecule has 2 fully saturated rings. The van der Waals surface area contributed by atoms with Crippen molar-refractivity contribution in [2.45, 2.75) is 12.3 Å². The van der Waals surface area contributed by atoms with E-state index in [9.17, 15) is 4.79 Å². The Morgan fingerprint density at radius 1 is 1.20 bits per heavy atom. The standard InChI is InChI=1S/C16H20N2O2/c19-16(18-9-11-7-17-8-12(11)10-18)14-5-6-20-15-4-2-1-3-13(14)15/h1-4,11-12,14,17H,5-10H2. The number of carbonyl (C=O) groups is 1. The zero-order valence-electron chi connectivity index (χ0n) is 11.5. The molecule has 1 amide bonds. The highest BCUT2D eigenvalue weighted by Gasteiger charge is 2.40. The van der Waals surface area contributed by atoms with Crippen LogP contribution in [-0.4, -0.2) is 43.6 Å². The van der Waals surface area contributed by atoms with Crippen LogP contribution in [-0.2, 0) is 4.79 Å². The number of likely N-dealkylation sites (tertiary alicyclic amines) is 1. The van der Waals surface area contributed by atoms with Crippen LogP contribution in [0.5, 0.6) is 5.75 Å². The van der Waals surface area contributed by atoms with Crippen LogP contribution in [0, 0.1) is 11.8 Å². The third kappa shape index (κ3) is 1.90. The van der Waals surface area contributed by atoms with Gasteiger partial charge < -0.3 is 15.0 Å². The molecule has 3 unspecified atom stereocenters. The summed E-state index contributed by atoms with van der Waals surface area (Å²) < 4.78 is 5.66. The molecule has 0 bridgehead atoms. The highest BCUT2D eigenvalue weighted by molar-refractivity contribution is 5.85. The fourth-order valence-electron chi connectivity index (χ4n) is 3.85. The van der Waals surface area contributed by atoms with E-state index in [1.807, 2.05) is 24.3 Å². The van der Waals surface area contributed by atoms with E-state index in [4.69, 9.17) is 4.74 Å². The second-order valence-corrected chi connectivity index (χ2v) is 6.15. The van der Waals surface area contributed by atoms with Crippen molar-refractivity contribution in [3.63, 3.8) is 0 Å². The van der Waals surface area contributed by atoms with Crippen LogP contribution in [0.4, 0.5) is 0 Å². The van der Waals surface area contributed by atoms with Gasteiger partial charge in [-0.05, 0) is 24.3 Å². The number of rotatable bonds is 1. The third-order valence-electron chi connectivity index (χ3n) is 4.96. The average Bonchev–Trinajstić information content (AvgIpc) is 3.07. The molecule has 0 spiro atoms. The molecule has 1 aromatic rings. The third-order valence-corrected chi connectivity index (χ3v) is 4.96. The van der Waals surface area contributed by atoms with Gasteiger partial charge in [0.1, 0.15) is 5.75 Å². The minimum Gasteiger partial charge on any atom is -0.493 e. The van der Waals surface area contributed by atoms with E-state index < -0.39 is 0 Å². The summed E-state index contributed by atoms with van der Waals surface area (Å²) in [6.07, 6.45) is 0.805. The Hall–Kier alpha value is -1.55. The van der Waals surface area contributed by atoms with Gasteiger partial charge in [0.15, 0.2) is 0 Å². The Labute approximate surface area is 119 Å². The quantitative estimate of drug-likeness (QED) is 0.836. The molecule has 106 valence electrons. The number of amides is 1. The van der Waals surface area contributed by atoms with E-state index in [0.717, 1.165) is 43.9 Å². The lowest BCUT2D eigenvalue weighted by Gasteiger charge is -2.29. The maximum absolute atomic E-state index is 12.8. The van der Waals surface area contributed by atoms with E-state index in [1.165, 1.54) is 0 Å². The molecule has 0 saturated carbocycles. The van der Waals surface area contributed by atoms with E-state index in [0.29, 0.717) is 24.3 Å². The van der Waals surface area contributed by atoms with Gasteiger partial charge in [0.2, 0.25) is 5.91 Å². The molecule has 0 aliphatic carbocycles. The van der Waals surface area contributed by atoms with Crippen molar-refractivity contribution in [2.24, 2.45) is 11.8 Å². The van der Waals surface area contributed by atoms with Crippen molar-refractivity contribution in [3.05, 3.63) is 29.8 Å². The maximum atomic E-state index is 12.8. The molecular formula is C16H20N2O2. The number of hydrogen-bond acceptors (Lipinski definition) is 3. The summed E-state index contributed by atoms with van der Waals surface area (Å²) in [5.74, 6) is 2.50. The van der Waals surface area contributed by atoms with Crippen molar-refractivity contribution in [2.75, 3.05) is 32.8 Å². The molecule has 0 radical (unpaired) electrons. The molecule has 4 rings (SSSR count). The van der Waals surface area contributed by atoms with Gasteiger partial charge in [0.25, 0.3) is 0 Å². The van der Waals surface area contributed by atoms with Gasteiger partial charge in [-0.1, -0.05) is 18.2 Å². The van der Waals surface area contributed by atoms with Crippen molar-refractivity contribution in [1.82, 2.24) is 10.2 Å². The maximum Gasteiger partial charge on any atom is 0.230 e. The van der Waals surface area contributed by atoms with Crippen LogP contribution in [0.3, 0.4) is 0 Å². The van der Waals surface area contributed by atoms with Crippen molar-refractivity contribution >= 4 is 5.91 Å². The van der Waals surface area contributed by atoms with E-state index in [1.54, 1.807) is 0 Å². The molecule has 1 N–H and O–H groups in total. The molecule has 3 atom stereocenters. The predicted octanol–water partition coefficient (Wildman–Crippen LogP) is 1.23. The number of ether oxygens (including phenoxy) is 1. The number of benzene rings is 1. The SMILES string of the molecule is O=C(C1CCOc2ccccc21)N1CC2CNCC2C1. The average molecular weight is 272 g/mol. The number of carbonyl (C=O) groups excluding carboxylic acids is 1. The first-order valence-electron chi connectivity index (χ1n) is 7.54. The molecule has 3 aliphatic heterocycles. The number of nitrogens with one attached hydrogen (secondary N) is 1. The van der Waals surface area contributed by atoms with Crippen molar-refractivity contribution < 1.29 is 9.53 Å². The lowest BCUT2D eigenvalue weighted by atomic mass is 9.92. The summed E-state index contributed by atoms with van der Waals surface area (Å²) in [7, 11) is 0. The Balaban J connectivity index is 1.55. The minimum atomic E-state index is -0.00765. The summed E-state index contributed by atoms with van der Waals surface area (Å²) in [5, 5.41) is 3.42. The molecule has 3 heterocycles. The zero-order chi connectivity index (χ0) is 13.5. The molecular weight excluding hydrogens is 252 g/mol. The molecule has 4 heteroatoms. The first-order chi connectivity index (χ1) is 9.83. The highest BCUT2D eigenvalue weighted by Crippen LogP contribution is 2.36. The lowest BCUT2D eigenvalue weighted by molar-refractivity contribution is -0.132. The van der Waals surface area contributed by atoms with Crippen LogP contribution in [0.15, 0.2) is 24.3 Å². The topological polar surface area (TPSA) is 41.6 Å². The van der Waals surface area contributed by atoms with Crippen LogP contribution < -0.4 is 10.1 Å². The van der Waals surface area contributed by atoms with E-state index in [-0.39, 0.29) is 5.92 Å². The monoisotopic (exact) mass is 272 g/mol. The smallest absolute Gasteiger partial charge is 0.230 e. The first kappa shape index (κ1) is 12.2. The summed E-state index contributed by atoms with van der Waals surface area (Å²) >= 11 is 0. The summed E-state index contributed by atoms with van der Waals surface area (Å²) in [6.45, 7) is 4.64. The largest absolute Gasteiger partial charge is 0.493 e. The van der Waals surface area contributed by atoms with Gasteiger partial charge >= 0.3 is 0 Å². The molecule has 4 nitrogen and oxygen atoms in total. The number of para-hydroxylation sites is 1. The Bertz CT molecular complexity index is 519. The van der Waals surface area contributed by atoms with Crippen molar-refractivity contribution in [1.29, 1.82) is 0 Å². The Morgan fingerprint density at radius 3 is 2.75 bits per heavy atom. The van der Waals surface area contributed by atoms with E-state index in [2.05, 4.69) is 10.2 Å². The first-order valence-corrected chi connectivity index (χ1v) is 7.54. The van der Waals surface area contributed by atoms with Gasteiger partial charge in [-0.25, -0.2) is 0 Å². The van der Waals surface area contributed by atoms with Gasteiger partial charge in [-0.15, -0.1) is 0 Å². The minimum absolute atomic E-state index is 0.00765. The fraction of sp³-hybridized carbons (Fsp3) is 0.562. The second kappa shape index (κ2) is 4.77. The molecule has 3 aliphatic rings. The van der Waals surface area contributed by atoms with Crippen LogP contribution in [0.2, 0.25) is 0 Å². The summed E-state index contributed by atoms with van der Waals surface area (Å²) in [5.41, 5.74) is 1.07. The van der Waals surface area contributed by atoms with Crippen LogP contribution in [0.1, 0.15) is 17.9 Å². The predicted molar refractivity (Wildman–Crippen MR) is 75.7 cm³/mol. The van der Waals surface area contributed by atoms with E-state index >= 15 is 0 Å². The Morgan fingerprint density at radius 2 is 1.95 bits per heavy atom. The molecule has 1 aromatic carbocycles. The van der Waals surface area contributed by atoms with Crippen LogP contribution >= 0.6 is 0 Å². The summed E-state index contributed by atoms with van der Waals surface area (Å²) in [6, 6.07) is 7.97. The molecule has 0 aromatic heterocycles. The molecule has 2 saturated heterocycles. The molecule has 20 heavy (non-hydrogen) atoms. The van der Waals surface area contributed by atoms with Gasteiger partial charge in [-0.2, -0.15) is 0 Å². The lowest BCUT2D eigenvalue weighted by Crippen LogP contribution is -2.37. The summed E-state index contributed by atoms with van der Waals surface area (Å²) in [4.78, 5) is 14.9. The van der Waals surface area contributed by atoms with Gasteiger partial charge in [0.05, 0.1) is 12.5 Å². The zero-order valence-corrected chi connectivity index (χ0v) is 11.5.